The van der Waals surface area contributed by atoms with Gasteiger partial charge < -0.3 is 10.1 Å². The largest absolute Gasteiger partial charge is 0.497 e. The van der Waals surface area contributed by atoms with E-state index < -0.39 is 4.92 Å². The van der Waals surface area contributed by atoms with Gasteiger partial charge in [-0.05, 0) is 23.8 Å². The van der Waals surface area contributed by atoms with Crippen molar-refractivity contribution in [2.24, 2.45) is 0 Å². The minimum atomic E-state index is -0.403. The van der Waals surface area contributed by atoms with Crippen LogP contribution in [-0.2, 0) is 6.54 Å². The Labute approximate surface area is 124 Å². The van der Waals surface area contributed by atoms with Crippen LogP contribution >= 0.6 is 15.9 Å². The van der Waals surface area contributed by atoms with Crippen molar-refractivity contribution in [1.29, 1.82) is 0 Å². The van der Waals surface area contributed by atoms with E-state index in [0.717, 1.165) is 17.0 Å². The van der Waals surface area contributed by atoms with Crippen molar-refractivity contribution < 1.29 is 9.66 Å². The summed E-state index contributed by atoms with van der Waals surface area (Å²) in [4.78, 5) is 10.4. The molecule has 0 saturated carbocycles. The molecule has 1 N–H and O–H groups in total. The number of halogens is 1. The van der Waals surface area contributed by atoms with Gasteiger partial charge in [0.2, 0.25) is 0 Å². The third-order valence-corrected chi connectivity index (χ3v) is 3.18. The molecule has 0 saturated heterocycles. The lowest BCUT2D eigenvalue weighted by atomic mass is 10.2. The van der Waals surface area contributed by atoms with Gasteiger partial charge in [-0.15, -0.1) is 0 Å². The van der Waals surface area contributed by atoms with E-state index in [1.54, 1.807) is 13.2 Å². The van der Waals surface area contributed by atoms with Crippen molar-refractivity contribution in [3.05, 3.63) is 62.6 Å². The van der Waals surface area contributed by atoms with Crippen molar-refractivity contribution in [1.82, 2.24) is 0 Å². The Morgan fingerprint density at radius 2 is 2.10 bits per heavy atom. The summed E-state index contributed by atoms with van der Waals surface area (Å²) in [5, 5.41) is 14.0. The first-order chi connectivity index (χ1) is 9.58. The van der Waals surface area contributed by atoms with Crippen LogP contribution < -0.4 is 10.1 Å². The monoisotopic (exact) mass is 336 g/mol. The second-order valence-electron chi connectivity index (χ2n) is 4.16. The van der Waals surface area contributed by atoms with Gasteiger partial charge in [-0.25, -0.2) is 0 Å². The lowest BCUT2D eigenvalue weighted by molar-refractivity contribution is -0.385. The molecule has 0 amide bonds. The maximum absolute atomic E-state index is 10.8. The highest BCUT2D eigenvalue weighted by Gasteiger charge is 2.08. The van der Waals surface area contributed by atoms with Crippen LogP contribution in [0.3, 0.4) is 0 Å². The van der Waals surface area contributed by atoms with Crippen LogP contribution in [0.2, 0.25) is 0 Å². The first-order valence-electron chi connectivity index (χ1n) is 5.90. The average Bonchev–Trinajstić information content (AvgIpc) is 2.44. The van der Waals surface area contributed by atoms with E-state index >= 15 is 0 Å². The topological polar surface area (TPSA) is 64.4 Å². The molecule has 0 heterocycles. The van der Waals surface area contributed by atoms with Gasteiger partial charge in [-0.2, -0.15) is 0 Å². The molecule has 0 fully saturated rings. The highest BCUT2D eigenvalue weighted by Crippen LogP contribution is 2.23. The fourth-order valence-electron chi connectivity index (χ4n) is 1.78. The van der Waals surface area contributed by atoms with Crippen molar-refractivity contribution in [2.75, 3.05) is 12.4 Å². The summed E-state index contributed by atoms with van der Waals surface area (Å²) in [5.41, 5.74) is 1.79. The lowest BCUT2D eigenvalue weighted by Crippen LogP contribution is -2.00. The van der Waals surface area contributed by atoms with Crippen LogP contribution in [0.4, 0.5) is 11.4 Å². The van der Waals surface area contributed by atoms with Gasteiger partial charge >= 0.3 is 0 Å². The van der Waals surface area contributed by atoms with Gasteiger partial charge in [0, 0.05) is 34.9 Å². The number of nitro benzene ring substituents is 1. The summed E-state index contributed by atoms with van der Waals surface area (Å²) >= 11 is 3.28. The molecule has 6 heteroatoms. The Balaban J connectivity index is 2.12. The van der Waals surface area contributed by atoms with E-state index in [-0.39, 0.29) is 5.69 Å². The minimum absolute atomic E-state index is 0.0711. The quantitative estimate of drug-likeness (QED) is 0.662. The second kappa shape index (κ2) is 6.38. The SMILES string of the molecule is COc1cccc(NCc2cc(Br)cc([N+](=O)[O-])c2)c1. The molecule has 0 spiro atoms. The number of benzene rings is 2. The maximum atomic E-state index is 10.8. The van der Waals surface area contributed by atoms with Gasteiger partial charge in [0.15, 0.2) is 0 Å². The molecule has 0 aromatic heterocycles. The standard InChI is InChI=1S/C14H13BrN2O3/c1-20-14-4-2-3-12(8-14)16-9-10-5-11(15)7-13(6-10)17(18)19/h2-8,16H,9H2,1H3. The van der Waals surface area contributed by atoms with Crippen LogP contribution in [-0.4, -0.2) is 12.0 Å². The highest BCUT2D eigenvalue weighted by atomic mass is 79.9. The Hall–Kier alpha value is -2.08. The van der Waals surface area contributed by atoms with Gasteiger partial charge in [0.25, 0.3) is 5.69 Å². The molecule has 0 radical (unpaired) electrons. The number of rotatable bonds is 5. The summed E-state index contributed by atoms with van der Waals surface area (Å²) in [5.74, 6) is 0.759. The van der Waals surface area contributed by atoms with Gasteiger partial charge in [0.05, 0.1) is 12.0 Å². The molecule has 104 valence electrons. The number of methoxy groups -OCH3 is 1. The fraction of sp³-hybridized carbons (Fsp3) is 0.143. The summed E-state index contributed by atoms with van der Waals surface area (Å²) in [7, 11) is 1.61. The van der Waals surface area contributed by atoms with E-state index in [1.807, 2.05) is 30.3 Å². The number of ether oxygens (including phenoxy) is 1. The first kappa shape index (κ1) is 14.3. The van der Waals surface area contributed by atoms with Crippen molar-refractivity contribution in [3.63, 3.8) is 0 Å². The van der Waals surface area contributed by atoms with Crippen molar-refractivity contribution >= 4 is 27.3 Å². The zero-order chi connectivity index (χ0) is 14.5. The van der Waals surface area contributed by atoms with Gasteiger partial charge in [-0.1, -0.05) is 22.0 Å². The summed E-state index contributed by atoms with van der Waals surface area (Å²) in [6.45, 7) is 0.493. The zero-order valence-corrected chi connectivity index (χ0v) is 12.4. The molecule has 5 nitrogen and oxygen atoms in total. The molecule has 0 aliphatic rings. The van der Waals surface area contributed by atoms with E-state index in [9.17, 15) is 10.1 Å². The number of non-ortho nitro benzene ring substituents is 1. The normalized spacial score (nSPS) is 10.1. The number of nitro groups is 1. The number of anilines is 1. The first-order valence-corrected chi connectivity index (χ1v) is 6.69. The molecular weight excluding hydrogens is 324 g/mol. The molecule has 0 aliphatic heterocycles. The molecule has 0 atom stereocenters. The molecule has 20 heavy (non-hydrogen) atoms. The Morgan fingerprint density at radius 3 is 2.80 bits per heavy atom. The molecule has 0 bridgehead atoms. The van der Waals surface area contributed by atoms with Crippen LogP contribution in [0.15, 0.2) is 46.9 Å². The Morgan fingerprint density at radius 1 is 1.30 bits per heavy atom. The molecule has 2 aromatic rings. The van der Waals surface area contributed by atoms with E-state index in [2.05, 4.69) is 21.2 Å². The molecular formula is C14H13BrN2O3. The number of hydrogen-bond acceptors (Lipinski definition) is 4. The highest BCUT2D eigenvalue weighted by molar-refractivity contribution is 9.10. The van der Waals surface area contributed by atoms with Crippen molar-refractivity contribution in [2.45, 2.75) is 6.54 Å². The maximum Gasteiger partial charge on any atom is 0.270 e. The average molecular weight is 337 g/mol. The number of nitrogens with one attached hydrogen (secondary N) is 1. The molecule has 2 aromatic carbocycles. The Bertz CT molecular complexity index is 632. The zero-order valence-electron chi connectivity index (χ0n) is 10.8. The summed E-state index contributed by atoms with van der Waals surface area (Å²) in [6, 6.07) is 12.4. The van der Waals surface area contributed by atoms with Gasteiger partial charge in [-0.3, -0.25) is 10.1 Å². The van der Waals surface area contributed by atoms with Gasteiger partial charge in [0.1, 0.15) is 5.75 Å². The van der Waals surface area contributed by atoms with Crippen molar-refractivity contribution in [3.8, 4) is 5.75 Å². The van der Waals surface area contributed by atoms with Crippen LogP contribution in [0.5, 0.6) is 5.75 Å². The summed E-state index contributed by atoms with van der Waals surface area (Å²) in [6.07, 6.45) is 0. The molecule has 0 aliphatic carbocycles. The van der Waals surface area contributed by atoms with Crippen LogP contribution in [0.1, 0.15) is 5.56 Å². The molecule has 2 rings (SSSR count). The van der Waals surface area contributed by atoms with E-state index in [0.29, 0.717) is 11.0 Å². The predicted molar refractivity (Wildman–Crippen MR) is 81.1 cm³/mol. The molecule has 0 unspecified atom stereocenters. The third-order valence-electron chi connectivity index (χ3n) is 2.72. The predicted octanol–water partition coefficient (Wildman–Crippen LogP) is 3.98. The van der Waals surface area contributed by atoms with E-state index in [1.165, 1.54) is 6.07 Å². The Kier molecular flexibility index (Phi) is 4.57. The number of hydrogen-bond donors (Lipinski definition) is 1. The fourth-order valence-corrected chi connectivity index (χ4v) is 2.31. The smallest absolute Gasteiger partial charge is 0.270 e. The van der Waals surface area contributed by atoms with Crippen LogP contribution in [0, 0.1) is 10.1 Å². The van der Waals surface area contributed by atoms with E-state index in [4.69, 9.17) is 4.74 Å². The lowest BCUT2D eigenvalue weighted by Gasteiger charge is -2.08. The summed E-state index contributed by atoms with van der Waals surface area (Å²) < 4.78 is 5.83. The third kappa shape index (κ3) is 3.71. The number of nitrogens with zero attached hydrogens (tertiary/aromatic N) is 1. The van der Waals surface area contributed by atoms with Crippen LogP contribution in [0.25, 0.3) is 0 Å². The second-order valence-corrected chi connectivity index (χ2v) is 5.08. The minimum Gasteiger partial charge on any atom is -0.497 e.